The third-order valence-electron chi connectivity index (χ3n) is 6.70. The monoisotopic (exact) mass is 450 g/mol. The van der Waals surface area contributed by atoms with Crippen LogP contribution >= 0.6 is 12.4 Å². The molecule has 1 aliphatic heterocycles. The molecule has 1 aromatic heterocycles. The van der Waals surface area contributed by atoms with Gasteiger partial charge in [0.25, 0.3) is 0 Å². The number of nitrogens with one attached hydrogen (secondary N) is 1. The number of aliphatic carboxylic acids is 1. The second kappa shape index (κ2) is 9.87. The summed E-state index contributed by atoms with van der Waals surface area (Å²) in [5.74, 6) is -0.380. The number of carboxylic acid groups (broad SMARTS) is 1. The summed E-state index contributed by atoms with van der Waals surface area (Å²) in [4.78, 5) is 37.0. The van der Waals surface area contributed by atoms with Crippen molar-refractivity contribution in [1.82, 2.24) is 19.2 Å². The number of aromatic nitrogens is 3. The van der Waals surface area contributed by atoms with E-state index in [1.807, 2.05) is 18.2 Å². The molecule has 1 fully saturated rings. The molecule has 1 aromatic carbocycles. The summed E-state index contributed by atoms with van der Waals surface area (Å²) < 4.78 is 4.33. The Kier molecular flexibility index (Phi) is 7.43. The zero-order valence-electron chi connectivity index (χ0n) is 17.9. The van der Waals surface area contributed by atoms with E-state index in [1.165, 1.54) is 20.4 Å². The number of fused-ring (bicyclic) bond motifs is 1. The molecular formula is C22H31ClN4O4. The molecular weight excluding hydrogens is 420 g/mol. The molecule has 2 heterocycles. The number of hydrogen-bond acceptors (Lipinski definition) is 4. The fraction of sp³-hybridized carbons (Fsp3) is 0.591. The van der Waals surface area contributed by atoms with Gasteiger partial charge >= 0.3 is 17.3 Å². The SMILES string of the molecule is Cl.Cn1c(=O)n(-c2ccc3c(c2)CCNCC3)c(=O)n1[C@H]1CC[C@H](CCC(=O)O)CC1. The van der Waals surface area contributed by atoms with Crippen LogP contribution in [0.15, 0.2) is 27.8 Å². The fourth-order valence-corrected chi connectivity index (χ4v) is 4.98. The summed E-state index contributed by atoms with van der Waals surface area (Å²) >= 11 is 0. The van der Waals surface area contributed by atoms with E-state index in [9.17, 15) is 14.4 Å². The van der Waals surface area contributed by atoms with Crippen LogP contribution in [-0.4, -0.2) is 38.1 Å². The van der Waals surface area contributed by atoms with Crippen LogP contribution in [0.2, 0.25) is 0 Å². The van der Waals surface area contributed by atoms with Gasteiger partial charge in [0.05, 0.1) is 11.7 Å². The fourth-order valence-electron chi connectivity index (χ4n) is 4.98. The van der Waals surface area contributed by atoms with Crippen LogP contribution in [0.3, 0.4) is 0 Å². The summed E-state index contributed by atoms with van der Waals surface area (Å²) in [6, 6.07) is 5.87. The Balaban J connectivity index is 0.00000272. The van der Waals surface area contributed by atoms with Crippen LogP contribution in [0.1, 0.15) is 55.7 Å². The van der Waals surface area contributed by atoms with E-state index in [1.54, 1.807) is 11.7 Å². The van der Waals surface area contributed by atoms with Gasteiger partial charge in [0.15, 0.2) is 0 Å². The van der Waals surface area contributed by atoms with Crippen molar-refractivity contribution in [3.05, 3.63) is 50.3 Å². The van der Waals surface area contributed by atoms with Crippen molar-refractivity contribution in [2.75, 3.05) is 13.1 Å². The van der Waals surface area contributed by atoms with Gasteiger partial charge in [-0.2, -0.15) is 0 Å². The van der Waals surface area contributed by atoms with E-state index in [4.69, 9.17) is 5.11 Å². The maximum absolute atomic E-state index is 13.3. The van der Waals surface area contributed by atoms with Gasteiger partial charge in [-0.1, -0.05) is 6.07 Å². The van der Waals surface area contributed by atoms with E-state index >= 15 is 0 Å². The summed E-state index contributed by atoms with van der Waals surface area (Å²) in [6.45, 7) is 1.84. The molecule has 9 heteroatoms. The molecule has 0 spiro atoms. The van der Waals surface area contributed by atoms with Gasteiger partial charge in [-0.3, -0.25) is 4.79 Å². The van der Waals surface area contributed by atoms with Gasteiger partial charge in [0.1, 0.15) is 0 Å². The van der Waals surface area contributed by atoms with Crippen molar-refractivity contribution >= 4 is 18.4 Å². The van der Waals surface area contributed by atoms with Crippen LogP contribution < -0.4 is 16.7 Å². The predicted octanol–water partition coefficient (Wildman–Crippen LogP) is 2.04. The minimum Gasteiger partial charge on any atom is -0.481 e. The lowest BCUT2D eigenvalue weighted by Crippen LogP contribution is -2.32. The average molecular weight is 451 g/mol. The number of nitrogens with zero attached hydrogens (tertiary/aromatic N) is 3. The standard InChI is InChI=1S/C22H30N4O4.ClH/c1-24-21(29)25(19-8-5-16-10-12-23-13-11-17(16)14-19)22(30)26(24)18-6-2-15(3-7-18)4-9-20(27)28;/h5,8,14-15,18,23H,2-4,6-7,9-13H2,1H3,(H,27,28);1H/t15-,18-;. The molecule has 31 heavy (non-hydrogen) atoms. The zero-order chi connectivity index (χ0) is 21.3. The largest absolute Gasteiger partial charge is 0.481 e. The summed E-state index contributed by atoms with van der Waals surface area (Å²) in [6.07, 6.45) is 6.06. The quantitative estimate of drug-likeness (QED) is 0.726. The lowest BCUT2D eigenvalue weighted by molar-refractivity contribution is -0.137. The Labute approximate surface area is 187 Å². The van der Waals surface area contributed by atoms with Crippen LogP contribution in [0.4, 0.5) is 0 Å². The van der Waals surface area contributed by atoms with Crippen molar-refractivity contribution in [2.24, 2.45) is 13.0 Å². The van der Waals surface area contributed by atoms with E-state index in [0.717, 1.165) is 51.6 Å². The van der Waals surface area contributed by atoms with Crippen LogP contribution in [-0.2, 0) is 24.7 Å². The van der Waals surface area contributed by atoms with E-state index in [-0.39, 0.29) is 36.2 Å². The lowest BCUT2D eigenvalue weighted by Gasteiger charge is -2.29. The second-order valence-electron chi connectivity index (χ2n) is 8.58. The third kappa shape index (κ3) is 4.80. The number of benzene rings is 1. The molecule has 0 radical (unpaired) electrons. The first kappa shape index (κ1) is 23.3. The number of rotatable bonds is 5. The third-order valence-corrected chi connectivity index (χ3v) is 6.70. The molecule has 0 bridgehead atoms. The van der Waals surface area contributed by atoms with Gasteiger partial charge < -0.3 is 10.4 Å². The van der Waals surface area contributed by atoms with Crippen LogP contribution in [0, 0.1) is 5.92 Å². The van der Waals surface area contributed by atoms with Crippen molar-refractivity contribution in [2.45, 2.75) is 57.4 Å². The molecule has 8 nitrogen and oxygen atoms in total. The summed E-state index contributed by atoms with van der Waals surface area (Å²) in [5, 5.41) is 12.3. The first-order chi connectivity index (χ1) is 14.5. The Hall–Kier alpha value is -2.32. The van der Waals surface area contributed by atoms with Gasteiger partial charge in [0.2, 0.25) is 0 Å². The highest BCUT2D eigenvalue weighted by Crippen LogP contribution is 2.33. The molecule has 1 saturated carbocycles. The summed E-state index contributed by atoms with van der Waals surface area (Å²) in [5.41, 5.74) is 2.49. The van der Waals surface area contributed by atoms with Crippen LogP contribution in [0.25, 0.3) is 5.69 Å². The number of carboxylic acids is 1. The van der Waals surface area contributed by atoms with E-state index in [0.29, 0.717) is 18.0 Å². The van der Waals surface area contributed by atoms with Crippen LogP contribution in [0.5, 0.6) is 0 Å². The van der Waals surface area contributed by atoms with Crippen molar-refractivity contribution < 1.29 is 9.90 Å². The average Bonchev–Trinajstić information content (AvgIpc) is 2.89. The topological polar surface area (TPSA) is 98.3 Å². The smallest absolute Gasteiger partial charge is 0.352 e. The number of carbonyl (C=O) groups is 1. The Morgan fingerprint density at radius 3 is 2.42 bits per heavy atom. The molecule has 2 N–H and O–H groups in total. The zero-order valence-corrected chi connectivity index (χ0v) is 18.7. The minimum atomic E-state index is -0.760. The highest BCUT2D eigenvalue weighted by Gasteiger charge is 2.27. The molecule has 0 unspecified atom stereocenters. The Morgan fingerprint density at radius 1 is 1.06 bits per heavy atom. The maximum atomic E-state index is 13.3. The molecule has 2 aliphatic rings. The number of hydrogen-bond donors (Lipinski definition) is 2. The normalized spacial score (nSPS) is 21.1. The van der Waals surface area contributed by atoms with E-state index < -0.39 is 5.97 Å². The van der Waals surface area contributed by atoms with E-state index in [2.05, 4.69) is 5.32 Å². The Bertz CT molecular complexity index is 1050. The van der Waals surface area contributed by atoms with Gasteiger partial charge in [0, 0.05) is 13.5 Å². The summed E-state index contributed by atoms with van der Waals surface area (Å²) in [7, 11) is 1.66. The highest BCUT2D eigenvalue weighted by molar-refractivity contribution is 5.85. The molecule has 2 aromatic rings. The molecule has 0 amide bonds. The second-order valence-corrected chi connectivity index (χ2v) is 8.58. The molecule has 0 saturated heterocycles. The van der Waals surface area contributed by atoms with Crippen molar-refractivity contribution in [3.8, 4) is 5.69 Å². The van der Waals surface area contributed by atoms with Crippen molar-refractivity contribution in [3.63, 3.8) is 0 Å². The molecule has 0 atom stereocenters. The first-order valence-electron chi connectivity index (χ1n) is 10.9. The highest BCUT2D eigenvalue weighted by atomic mass is 35.5. The van der Waals surface area contributed by atoms with Crippen molar-refractivity contribution in [1.29, 1.82) is 0 Å². The van der Waals surface area contributed by atoms with Gasteiger partial charge in [-0.05, 0) is 87.2 Å². The first-order valence-corrected chi connectivity index (χ1v) is 10.9. The molecule has 4 rings (SSSR count). The number of halogens is 1. The minimum absolute atomic E-state index is 0. The Morgan fingerprint density at radius 2 is 1.74 bits per heavy atom. The van der Waals surface area contributed by atoms with Gasteiger partial charge in [-0.15, -0.1) is 12.4 Å². The van der Waals surface area contributed by atoms with Gasteiger partial charge in [-0.25, -0.2) is 23.5 Å². The maximum Gasteiger partial charge on any atom is 0.352 e. The lowest BCUT2D eigenvalue weighted by atomic mass is 9.83. The predicted molar refractivity (Wildman–Crippen MR) is 121 cm³/mol. The molecule has 1 aliphatic carbocycles. The molecule has 170 valence electrons.